The number of anilines is 2. The van der Waals surface area contributed by atoms with Gasteiger partial charge in [-0.1, -0.05) is 30.3 Å². The molecule has 0 aromatic heterocycles. The van der Waals surface area contributed by atoms with E-state index in [4.69, 9.17) is 0 Å². The zero-order valence-corrected chi connectivity index (χ0v) is 15.6. The lowest BCUT2D eigenvalue weighted by molar-refractivity contribution is -0.141. The zero-order valence-electron chi connectivity index (χ0n) is 15.6. The second-order valence-corrected chi connectivity index (χ2v) is 6.11. The minimum Gasteiger partial charge on any atom is -0.469 e. The maximum atomic E-state index is 12.0. The summed E-state index contributed by atoms with van der Waals surface area (Å²) >= 11 is 0. The van der Waals surface area contributed by atoms with E-state index < -0.39 is 5.97 Å². The lowest BCUT2D eigenvalue weighted by atomic mass is 10.2. The van der Waals surface area contributed by atoms with Crippen molar-refractivity contribution in [2.24, 2.45) is 0 Å². The van der Waals surface area contributed by atoms with Crippen LogP contribution in [0, 0.1) is 0 Å². The molecule has 0 atom stereocenters. The van der Waals surface area contributed by atoms with Crippen molar-refractivity contribution in [2.75, 3.05) is 23.9 Å². The van der Waals surface area contributed by atoms with Gasteiger partial charge in [0.2, 0.25) is 5.91 Å². The number of methoxy groups -OCH3 is 1. The molecule has 0 bridgehead atoms. The molecule has 0 aliphatic carbocycles. The van der Waals surface area contributed by atoms with Crippen molar-refractivity contribution >= 4 is 29.0 Å². The standard InChI is InChI=1S/C21H24N2O4/c1-16(24)23(15-17-6-4-3-5-7-17)19-10-8-18(9-11-19)22-14-20(25)12-13-21(26)27-2/h3-11,22H,12-15H2,1-2H3. The number of hydrogen-bond donors (Lipinski definition) is 1. The molecule has 2 rings (SSSR count). The minimum absolute atomic E-state index is 0.0439. The van der Waals surface area contributed by atoms with Gasteiger partial charge in [0.1, 0.15) is 0 Å². The van der Waals surface area contributed by atoms with Gasteiger partial charge in [-0.05, 0) is 29.8 Å². The van der Waals surface area contributed by atoms with Crippen LogP contribution in [0.2, 0.25) is 0 Å². The summed E-state index contributed by atoms with van der Waals surface area (Å²) in [7, 11) is 1.30. The Kier molecular flexibility index (Phi) is 7.55. The molecule has 0 heterocycles. The number of nitrogens with one attached hydrogen (secondary N) is 1. The Labute approximate surface area is 159 Å². The monoisotopic (exact) mass is 368 g/mol. The molecule has 0 saturated heterocycles. The van der Waals surface area contributed by atoms with Crippen LogP contribution in [0.1, 0.15) is 25.3 Å². The molecular formula is C21H24N2O4. The summed E-state index contributed by atoms with van der Waals surface area (Å²) in [6, 6.07) is 17.1. The Morgan fingerprint density at radius 2 is 1.63 bits per heavy atom. The van der Waals surface area contributed by atoms with Crippen LogP contribution in [0.15, 0.2) is 54.6 Å². The number of benzene rings is 2. The predicted octanol–water partition coefficient (Wildman–Crippen LogP) is 3.17. The van der Waals surface area contributed by atoms with E-state index in [-0.39, 0.29) is 31.1 Å². The van der Waals surface area contributed by atoms with E-state index in [0.717, 1.165) is 16.9 Å². The average Bonchev–Trinajstić information content (AvgIpc) is 2.69. The van der Waals surface area contributed by atoms with E-state index in [9.17, 15) is 14.4 Å². The van der Waals surface area contributed by atoms with E-state index >= 15 is 0 Å². The lowest BCUT2D eigenvalue weighted by Crippen LogP contribution is -2.27. The molecule has 0 fully saturated rings. The van der Waals surface area contributed by atoms with Gasteiger partial charge < -0.3 is 15.0 Å². The van der Waals surface area contributed by atoms with Crippen LogP contribution in [0.25, 0.3) is 0 Å². The fraction of sp³-hybridized carbons (Fsp3) is 0.286. The smallest absolute Gasteiger partial charge is 0.305 e. The second kappa shape index (κ2) is 10.1. The van der Waals surface area contributed by atoms with Crippen molar-refractivity contribution in [1.29, 1.82) is 0 Å². The van der Waals surface area contributed by atoms with Gasteiger partial charge in [-0.3, -0.25) is 14.4 Å². The summed E-state index contributed by atoms with van der Waals surface area (Å²) in [5.41, 5.74) is 2.61. The molecule has 27 heavy (non-hydrogen) atoms. The van der Waals surface area contributed by atoms with Crippen LogP contribution in [-0.2, 0) is 25.7 Å². The number of hydrogen-bond acceptors (Lipinski definition) is 5. The van der Waals surface area contributed by atoms with E-state index in [1.54, 1.807) is 4.90 Å². The molecule has 0 saturated carbocycles. The number of carbonyl (C=O) groups excluding carboxylic acids is 3. The molecule has 6 heteroatoms. The normalized spacial score (nSPS) is 10.1. The van der Waals surface area contributed by atoms with Gasteiger partial charge in [-0.15, -0.1) is 0 Å². The van der Waals surface area contributed by atoms with Crippen molar-refractivity contribution in [2.45, 2.75) is 26.3 Å². The molecule has 2 aromatic carbocycles. The van der Waals surface area contributed by atoms with Crippen LogP contribution < -0.4 is 10.2 Å². The van der Waals surface area contributed by atoms with E-state index in [2.05, 4.69) is 10.1 Å². The maximum Gasteiger partial charge on any atom is 0.305 e. The van der Waals surface area contributed by atoms with Crippen molar-refractivity contribution in [1.82, 2.24) is 0 Å². The largest absolute Gasteiger partial charge is 0.469 e. The molecule has 1 amide bonds. The number of ether oxygens (including phenoxy) is 1. The van der Waals surface area contributed by atoms with Crippen LogP contribution in [-0.4, -0.2) is 31.3 Å². The molecule has 0 unspecified atom stereocenters. The van der Waals surface area contributed by atoms with E-state index in [0.29, 0.717) is 6.54 Å². The summed E-state index contributed by atoms with van der Waals surface area (Å²) in [5, 5.41) is 3.03. The molecule has 0 spiro atoms. The maximum absolute atomic E-state index is 12.0. The average molecular weight is 368 g/mol. The predicted molar refractivity (Wildman–Crippen MR) is 104 cm³/mol. The molecule has 0 aliphatic rings. The Morgan fingerprint density at radius 1 is 0.963 bits per heavy atom. The molecule has 0 aliphatic heterocycles. The number of ketones is 1. The van der Waals surface area contributed by atoms with Crippen LogP contribution in [0.3, 0.4) is 0 Å². The lowest BCUT2D eigenvalue weighted by Gasteiger charge is -2.21. The molecule has 6 nitrogen and oxygen atoms in total. The zero-order chi connectivity index (χ0) is 19.6. The Bertz CT molecular complexity index is 773. The first-order chi connectivity index (χ1) is 13.0. The van der Waals surface area contributed by atoms with Crippen LogP contribution in [0.4, 0.5) is 11.4 Å². The topological polar surface area (TPSA) is 75.7 Å². The molecular weight excluding hydrogens is 344 g/mol. The van der Waals surface area contributed by atoms with E-state index in [1.807, 2.05) is 54.6 Å². The molecule has 0 radical (unpaired) electrons. The van der Waals surface area contributed by atoms with Crippen molar-refractivity contribution in [3.63, 3.8) is 0 Å². The Balaban J connectivity index is 1.93. The van der Waals surface area contributed by atoms with Gasteiger partial charge in [0, 0.05) is 24.7 Å². The highest BCUT2D eigenvalue weighted by molar-refractivity contribution is 5.91. The SMILES string of the molecule is COC(=O)CCC(=O)CNc1ccc(N(Cc2ccccc2)C(C)=O)cc1. The molecule has 1 N–H and O–H groups in total. The quantitative estimate of drug-likeness (QED) is 0.688. The van der Waals surface area contributed by atoms with Gasteiger partial charge in [0.25, 0.3) is 0 Å². The fourth-order valence-electron chi connectivity index (χ4n) is 2.54. The highest BCUT2D eigenvalue weighted by Gasteiger charge is 2.12. The summed E-state index contributed by atoms with van der Waals surface area (Å²) in [6.07, 6.45) is 0.232. The number of esters is 1. The molecule has 2 aromatic rings. The van der Waals surface area contributed by atoms with Gasteiger partial charge in [-0.2, -0.15) is 0 Å². The minimum atomic E-state index is -0.393. The summed E-state index contributed by atoms with van der Waals surface area (Å²) in [6.45, 7) is 2.17. The third kappa shape index (κ3) is 6.58. The number of rotatable bonds is 9. The van der Waals surface area contributed by atoms with Crippen LogP contribution >= 0.6 is 0 Å². The first-order valence-electron chi connectivity index (χ1n) is 8.74. The third-order valence-corrected chi connectivity index (χ3v) is 4.07. The Morgan fingerprint density at radius 3 is 2.22 bits per heavy atom. The number of amides is 1. The first kappa shape index (κ1) is 20.2. The van der Waals surface area contributed by atoms with Gasteiger partial charge in [-0.25, -0.2) is 0 Å². The number of Topliss-reactive ketones (excluding diaryl/α,β-unsaturated/α-hetero) is 1. The fourth-order valence-corrected chi connectivity index (χ4v) is 2.54. The number of nitrogens with zero attached hydrogens (tertiary/aromatic N) is 1. The van der Waals surface area contributed by atoms with Crippen molar-refractivity contribution in [3.8, 4) is 0 Å². The highest BCUT2D eigenvalue weighted by atomic mass is 16.5. The highest BCUT2D eigenvalue weighted by Crippen LogP contribution is 2.20. The van der Waals surface area contributed by atoms with E-state index in [1.165, 1.54) is 14.0 Å². The summed E-state index contributed by atoms with van der Waals surface area (Å²) in [5.74, 6) is -0.507. The van der Waals surface area contributed by atoms with Gasteiger partial charge in [0.05, 0.1) is 26.6 Å². The van der Waals surface area contributed by atoms with Crippen molar-refractivity contribution in [3.05, 3.63) is 60.2 Å². The van der Waals surface area contributed by atoms with Gasteiger partial charge >= 0.3 is 5.97 Å². The van der Waals surface area contributed by atoms with Crippen LogP contribution in [0.5, 0.6) is 0 Å². The summed E-state index contributed by atoms with van der Waals surface area (Å²) < 4.78 is 4.52. The molecule has 142 valence electrons. The van der Waals surface area contributed by atoms with Crippen molar-refractivity contribution < 1.29 is 19.1 Å². The summed E-state index contributed by atoms with van der Waals surface area (Å²) in [4.78, 5) is 36.6. The Hall–Kier alpha value is -3.15. The first-order valence-corrected chi connectivity index (χ1v) is 8.74. The van der Waals surface area contributed by atoms with Gasteiger partial charge in [0.15, 0.2) is 5.78 Å². The number of carbonyl (C=O) groups is 3. The second-order valence-electron chi connectivity index (χ2n) is 6.11. The third-order valence-electron chi connectivity index (χ3n) is 4.07.